The largest absolute Gasteiger partial charge is 0.384 e. The second kappa shape index (κ2) is 7.28. The number of anilines is 2. The fourth-order valence-electron chi connectivity index (χ4n) is 5.66. The fraction of sp³-hybridized carbons (Fsp3) is 0.500. The second-order valence-electron chi connectivity index (χ2n) is 8.62. The Labute approximate surface area is 169 Å². The average Bonchev–Trinajstić information content (AvgIpc) is 2.71. The lowest BCUT2D eigenvalue weighted by Crippen LogP contribution is -2.65. The Morgan fingerprint density at radius 1 is 1.17 bits per heavy atom. The predicted octanol–water partition coefficient (Wildman–Crippen LogP) is 2.65. The first kappa shape index (κ1) is 18.3. The number of carbonyl (C=O) groups excluding carboxylic acids is 1. The van der Waals surface area contributed by atoms with Gasteiger partial charge < -0.3 is 15.5 Å². The first-order valence-electron chi connectivity index (χ1n) is 10.5. The van der Waals surface area contributed by atoms with E-state index in [1.165, 1.54) is 12.4 Å². The third kappa shape index (κ3) is 3.43. The topological polar surface area (TPSA) is 75.3 Å². The van der Waals surface area contributed by atoms with E-state index in [1.807, 2.05) is 12.1 Å². The van der Waals surface area contributed by atoms with Crippen molar-refractivity contribution in [2.45, 2.75) is 44.2 Å². The lowest BCUT2D eigenvalue weighted by molar-refractivity contribution is -0.148. The van der Waals surface area contributed by atoms with E-state index < -0.39 is 0 Å². The summed E-state index contributed by atoms with van der Waals surface area (Å²) >= 11 is 0. The summed E-state index contributed by atoms with van der Waals surface area (Å²) in [5.41, 5.74) is 6.84. The molecule has 0 spiro atoms. The number of piperidine rings is 3. The first-order valence-corrected chi connectivity index (χ1v) is 10.5. The lowest BCUT2D eigenvalue weighted by Gasteiger charge is -2.57. The molecule has 5 rings (SSSR count). The number of carbonyl (C=O) groups is 1. The number of benzene rings is 1. The van der Waals surface area contributed by atoms with E-state index in [2.05, 4.69) is 19.8 Å². The van der Waals surface area contributed by atoms with Gasteiger partial charge in [-0.3, -0.25) is 4.79 Å². The molecule has 0 unspecified atom stereocenters. The zero-order valence-corrected chi connectivity index (χ0v) is 16.4. The molecule has 0 saturated carbocycles. The van der Waals surface area contributed by atoms with Crippen LogP contribution in [0.25, 0.3) is 0 Å². The maximum Gasteiger partial charge on any atom is 0.223 e. The molecule has 6 nitrogen and oxygen atoms in total. The highest BCUT2D eigenvalue weighted by molar-refractivity contribution is 5.78. The van der Waals surface area contributed by atoms with Gasteiger partial charge in [0, 0.05) is 37.7 Å². The number of hydrogen-bond donors (Lipinski definition) is 1. The molecule has 1 aromatic carbocycles. The van der Waals surface area contributed by atoms with Crippen molar-refractivity contribution in [3.63, 3.8) is 0 Å². The van der Waals surface area contributed by atoms with Crippen LogP contribution in [0.5, 0.6) is 0 Å². The molecule has 2 aromatic rings. The summed E-state index contributed by atoms with van der Waals surface area (Å²) in [5, 5.41) is 0. The van der Waals surface area contributed by atoms with Crippen molar-refractivity contribution in [2.24, 2.45) is 11.8 Å². The number of rotatable bonds is 3. The molecule has 2 bridgehead atoms. The monoisotopic (exact) mass is 395 g/mol. The van der Waals surface area contributed by atoms with Crippen LogP contribution in [0.2, 0.25) is 0 Å². The summed E-state index contributed by atoms with van der Waals surface area (Å²) in [6.45, 7) is 1.71. The highest BCUT2D eigenvalue weighted by atomic mass is 19.1. The van der Waals surface area contributed by atoms with Crippen molar-refractivity contribution in [2.75, 3.05) is 23.7 Å². The van der Waals surface area contributed by atoms with Crippen LogP contribution >= 0.6 is 0 Å². The molecule has 2 N–H and O–H groups in total. The average molecular weight is 395 g/mol. The van der Waals surface area contributed by atoms with Crippen molar-refractivity contribution in [1.29, 1.82) is 0 Å². The predicted molar refractivity (Wildman–Crippen MR) is 109 cm³/mol. The molecule has 0 aliphatic carbocycles. The van der Waals surface area contributed by atoms with E-state index in [4.69, 9.17) is 5.73 Å². The first-order chi connectivity index (χ1) is 14.1. The minimum atomic E-state index is -0.223. The molecule has 3 fully saturated rings. The number of aromatic nitrogens is 2. The molecule has 1 aromatic heterocycles. The highest BCUT2D eigenvalue weighted by Crippen LogP contribution is 2.43. The number of nitrogens with zero attached hydrogens (tertiary/aromatic N) is 4. The molecule has 3 saturated heterocycles. The lowest BCUT2D eigenvalue weighted by atomic mass is 9.71. The molecule has 0 radical (unpaired) electrons. The minimum absolute atomic E-state index is 0.0906. The Morgan fingerprint density at radius 3 is 2.86 bits per heavy atom. The van der Waals surface area contributed by atoms with Crippen molar-refractivity contribution in [3.8, 4) is 0 Å². The van der Waals surface area contributed by atoms with Crippen molar-refractivity contribution in [3.05, 3.63) is 48.0 Å². The van der Waals surface area contributed by atoms with Crippen molar-refractivity contribution in [1.82, 2.24) is 14.9 Å². The van der Waals surface area contributed by atoms with Gasteiger partial charge in [-0.2, -0.15) is 0 Å². The van der Waals surface area contributed by atoms with Crippen molar-refractivity contribution < 1.29 is 9.18 Å². The van der Waals surface area contributed by atoms with Crippen LogP contribution in [0.3, 0.4) is 0 Å². The number of fused-ring (bicyclic) bond motifs is 4. The molecular weight excluding hydrogens is 369 g/mol. The maximum atomic E-state index is 13.8. The molecule has 3 aliphatic rings. The molecule has 4 atom stereocenters. The molecule has 1 amide bonds. The van der Waals surface area contributed by atoms with Crippen LogP contribution in [-0.4, -0.2) is 45.9 Å². The molecule has 152 valence electrons. The van der Waals surface area contributed by atoms with E-state index in [-0.39, 0.29) is 23.8 Å². The summed E-state index contributed by atoms with van der Waals surface area (Å²) in [4.78, 5) is 25.8. The van der Waals surface area contributed by atoms with Gasteiger partial charge in [0.2, 0.25) is 5.91 Å². The van der Waals surface area contributed by atoms with E-state index in [9.17, 15) is 9.18 Å². The summed E-state index contributed by atoms with van der Waals surface area (Å²) in [7, 11) is 0. The summed E-state index contributed by atoms with van der Waals surface area (Å²) in [6, 6.07) is 8.96. The van der Waals surface area contributed by atoms with Crippen LogP contribution in [-0.2, 0) is 11.2 Å². The minimum Gasteiger partial charge on any atom is -0.384 e. The van der Waals surface area contributed by atoms with Crippen molar-refractivity contribution >= 4 is 17.5 Å². The van der Waals surface area contributed by atoms with Gasteiger partial charge >= 0.3 is 0 Å². The Balaban J connectivity index is 1.47. The number of amides is 1. The zero-order valence-electron chi connectivity index (χ0n) is 16.4. The van der Waals surface area contributed by atoms with Gasteiger partial charge in [-0.05, 0) is 55.2 Å². The van der Waals surface area contributed by atoms with Gasteiger partial charge in [-0.1, -0.05) is 12.1 Å². The normalized spacial score (nSPS) is 28.9. The zero-order chi connectivity index (χ0) is 20.0. The smallest absolute Gasteiger partial charge is 0.223 e. The van der Waals surface area contributed by atoms with E-state index in [1.54, 1.807) is 12.1 Å². The Morgan fingerprint density at radius 2 is 2.03 bits per heavy atom. The quantitative estimate of drug-likeness (QED) is 0.865. The van der Waals surface area contributed by atoms with Crippen LogP contribution in [0.1, 0.15) is 31.2 Å². The van der Waals surface area contributed by atoms with Gasteiger partial charge in [-0.25, -0.2) is 14.4 Å². The Bertz CT molecular complexity index is 922. The Hall–Kier alpha value is -2.70. The van der Waals surface area contributed by atoms with Gasteiger partial charge in [0.1, 0.15) is 23.8 Å². The SMILES string of the molecule is Nc1cc(N2C[C@H]3C[C@@H](C2)[C@H](Cc2cccc(F)c2)N2C(=O)CCC[C@@H]32)ncn1. The van der Waals surface area contributed by atoms with E-state index >= 15 is 0 Å². The van der Waals surface area contributed by atoms with Crippen LogP contribution < -0.4 is 10.6 Å². The summed E-state index contributed by atoms with van der Waals surface area (Å²) < 4.78 is 13.8. The van der Waals surface area contributed by atoms with E-state index in [0.717, 1.165) is 43.7 Å². The second-order valence-corrected chi connectivity index (χ2v) is 8.62. The van der Waals surface area contributed by atoms with Crippen LogP contribution in [0.4, 0.5) is 16.0 Å². The van der Waals surface area contributed by atoms with E-state index in [0.29, 0.717) is 30.5 Å². The molecule has 4 heterocycles. The summed E-state index contributed by atoms with van der Waals surface area (Å²) in [6.07, 6.45) is 5.93. The molecule has 7 heteroatoms. The summed E-state index contributed by atoms with van der Waals surface area (Å²) in [5.74, 6) is 2.12. The van der Waals surface area contributed by atoms with Gasteiger partial charge in [0.05, 0.1) is 0 Å². The molecular formula is C22H26FN5O. The number of hydrogen-bond acceptors (Lipinski definition) is 5. The van der Waals surface area contributed by atoms with Gasteiger partial charge in [0.25, 0.3) is 0 Å². The number of nitrogens with two attached hydrogens (primary N) is 1. The van der Waals surface area contributed by atoms with Crippen LogP contribution in [0.15, 0.2) is 36.7 Å². The fourth-order valence-corrected chi connectivity index (χ4v) is 5.66. The number of halogens is 1. The van der Waals surface area contributed by atoms with Crippen LogP contribution in [0, 0.1) is 17.7 Å². The van der Waals surface area contributed by atoms with Gasteiger partial charge in [0.15, 0.2) is 0 Å². The third-order valence-corrected chi connectivity index (χ3v) is 6.83. The standard InChI is InChI=1S/C22H26FN5O/c23-17-4-1-3-14(7-17)8-19-16-9-15(18-5-2-6-22(29)28(18)19)11-27(12-16)21-10-20(24)25-13-26-21/h1,3-4,7,10,13,15-16,18-19H,2,5-6,8-9,11-12H2,(H2,24,25,26)/t15-,16+,18+,19+/m1/s1. The molecule has 29 heavy (non-hydrogen) atoms. The maximum absolute atomic E-state index is 13.8. The van der Waals surface area contributed by atoms with Gasteiger partial charge in [-0.15, -0.1) is 0 Å². The molecule has 3 aliphatic heterocycles. The Kier molecular flexibility index (Phi) is 4.60. The third-order valence-electron chi connectivity index (χ3n) is 6.83. The highest BCUT2D eigenvalue weighted by Gasteiger charge is 2.49. The number of nitrogen functional groups attached to an aromatic ring is 1.